The number of rotatable bonds is 8. The van der Waals surface area contributed by atoms with Crippen molar-refractivity contribution < 1.29 is 14.7 Å². The second-order valence-electron chi connectivity index (χ2n) is 11.4. The van der Waals surface area contributed by atoms with E-state index in [0.29, 0.717) is 17.8 Å². The summed E-state index contributed by atoms with van der Waals surface area (Å²) in [7, 11) is 0. The first-order chi connectivity index (χ1) is 17.9. The Labute approximate surface area is 218 Å². The third-order valence-corrected chi connectivity index (χ3v) is 8.82. The molecule has 2 aromatic rings. The quantitative estimate of drug-likeness (QED) is 0.398. The SMILES string of the molecule is CCC[C@H]1C[C@@H](n2c(=O)c(/C(C)=N/OCC(=O)O)nc3ccccc32)CCN1[C@H]1C[C@@H]2CCC[C@@H](C2)C1. The molecule has 1 aliphatic heterocycles. The summed E-state index contributed by atoms with van der Waals surface area (Å²) in [6.45, 7) is 4.37. The van der Waals surface area contributed by atoms with Gasteiger partial charge in [-0.3, -0.25) is 9.69 Å². The number of likely N-dealkylation sites (tertiary alicyclic amines) is 1. The number of oxime groups is 1. The van der Waals surface area contributed by atoms with E-state index in [1.807, 2.05) is 28.8 Å². The smallest absolute Gasteiger partial charge is 0.344 e. The lowest BCUT2D eigenvalue weighted by molar-refractivity contribution is -0.142. The first-order valence-electron chi connectivity index (χ1n) is 14.1. The van der Waals surface area contributed by atoms with Crippen LogP contribution in [0, 0.1) is 11.8 Å². The van der Waals surface area contributed by atoms with E-state index in [1.165, 1.54) is 38.5 Å². The third-order valence-electron chi connectivity index (χ3n) is 8.82. The summed E-state index contributed by atoms with van der Waals surface area (Å²) in [5.41, 5.74) is 1.91. The molecule has 2 bridgehead atoms. The fraction of sp³-hybridized carbons (Fsp3) is 0.655. The van der Waals surface area contributed by atoms with Crippen LogP contribution in [0.5, 0.6) is 0 Å². The van der Waals surface area contributed by atoms with Crippen molar-refractivity contribution in [2.24, 2.45) is 17.0 Å². The highest BCUT2D eigenvalue weighted by atomic mass is 16.6. The Kier molecular flexibility index (Phi) is 7.93. The van der Waals surface area contributed by atoms with Gasteiger partial charge in [-0.25, -0.2) is 9.78 Å². The number of aliphatic carboxylic acids is 1. The molecule has 0 spiro atoms. The van der Waals surface area contributed by atoms with Crippen molar-refractivity contribution >= 4 is 22.7 Å². The average molecular weight is 509 g/mol. The van der Waals surface area contributed by atoms with Gasteiger partial charge >= 0.3 is 5.97 Å². The summed E-state index contributed by atoms with van der Waals surface area (Å²) in [6.07, 6.45) is 12.5. The molecule has 0 unspecified atom stereocenters. The zero-order chi connectivity index (χ0) is 25.9. The van der Waals surface area contributed by atoms with Gasteiger partial charge in [-0.2, -0.15) is 0 Å². The highest BCUT2D eigenvalue weighted by molar-refractivity contribution is 5.97. The molecule has 3 fully saturated rings. The number of aromatic nitrogens is 2. The van der Waals surface area contributed by atoms with Gasteiger partial charge in [-0.1, -0.05) is 49.9 Å². The maximum absolute atomic E-state index is 13.8. The lowest BCUT2D eigenvalue weighted by Gasteiger charge is -2.49. The van der Waals surface area contributed by atoms with Crippen LogP contribution < -0.4 is 5.56 Å². The normalized spacial score (nSPS) is 28.8. The molecule has 0 radical (unpaired) electrons. The van der Waals surface area contributed by atoms with Crippen molar-refractivity contribution in [2.45, 2.75) is 96.2 Å². The standard InChI is InChI=1S/C29H40N4O4/c1-3-7-22-17-23(12-13-32(22)24-15-20-8-6-9-21(14-20)16-24)33-26-11-5-4-10-25(26)30-28(29(33)36)19(2)31-37-18-27(34)35/h4-5,10-11,20-24H,3,6-9,12-18H2,1-2H3,(H,34,35)/b31-19+/t20-,21+,22-,23-,24+/m0/s1. The minimum absolute atomic E-state index is 0.0859. The van der Waals surface area contributed by atoms with Gasteiger partial charge in [0.1, 0.15) is 5.71 Å². The van der Waals surface area contributed by atoms with Gasteiger partial charge in [0.25, 0.3) is 5.56 Å². The van der Waals surface area contributed by atoms with Gasteiger partial charge in [-0.05, 0) is 69.4 Å². The summed E-state index contributed by atoms with van der Waals surface area (Å²) >= 11 is 0. The largest absolute Gasteiger partial charge is 0.479 e. The Hall–Kier alpha value is -2.74. The van der Waals surface area contributed by atoms with E-state index in [1.54, 1.807) is 6.92 Å². The van der Waals surface area contributed by atoms with Gasteiger partial charge in [0.05, 0.1) is 11.0 Å². The average Bonchev–Trinajstić information content (AvgIpc) is 2.88. The van der Waals surface area contributed by atoms with E-state index in [4.69, 9.17) is 9.94 Å². The fourth-order valence-electron chi connectivity index (χ4n) is 7.33. The summed E-state index contributed by atoms with van der Waals surface area (Å²) in [4.78, 5) is 37.0. The van der Waals surface area contributed by atoms with Crippen LogP contribution >= 0.6 is 0 Å². The van der Waals surface area contributed by atoms with Gasteiger partial charge in [0.15, 0.2) is 5.69 Å². The van der Waals surface area contributed by atoms with E-state index < -0.39 is 12.6 Å². The Bertz CT molecular complexity index is 1200. The Morgan fingerprint density at radius 1 is 1.11 bits per heavy atom. The Balaban J connectivity index is 1.44. The summed E-state index contributed by atoms with van der Waals surface area (Å²) in [5, 5.41) is 12.7. The maximum Gasteiger partial charge on any atom is 0.344 e. The van der Waals surface area contributed by atoms with Crippen LogP contribution in [-0.2, 0) is 9.63 Å². The number of carbonyl (C=O) groups is 1. The van der Waals surface area contributed by atoms with E-state index in [0.717, 1.165) is 55.1 Å². The molecule has 8 nitrogen and oxygen atoms in total. The predicted molar refractivity (Wildman–Crippen MR) is 144 cm³/mol. The number of fused-ring (bicyclic) bond motifs is 3. The van der Waals surface area contributed by atoms with E-state index in [-0.39, 0.29) is 17.3 Å². The molecule has 2 aliphatic carbocycles. The van der Waals surface area contributed by atoms with Crippen LogP contribution in [0.1, 0.15) is 89.8 Å². The van der Waals surface area contributed by atoms with Crippen molar-refractivity contribution in [3.8, 4) is 0 Å². The molecule has 2 saturated carbocycles. The molecule has 37 heavy (non-hydrogen) atoms. The minimum atomic E-state index is -1.12. The van der Waals surface area contributed by atoms with Crippen molar-refractivity contribution in [2.75, 3.05) is 13.2 Å². The van der Waals surface area contributed by atoms with Gasteiger partial charge in [0.2, 0.25) is 6.61 Å². The number of piperidine rings is 1. The Morgan fingerprint density at radius 3 is 2.59 bits per heavy atom. The molecule has 2 heterocycles. The molecule has 1 aromatic carbocycles. The lowest BCUT2D eigenvalue weighted by Crippen LogP contribution is -2.52. The van der Waals surface area contributed by atoms with E-state index in [9.17, 15) is 9.59 Å². The highest BCUT2D eigenvalue weighted by Gasteiger charge is 2.39. The number of hydrogen-bond acceptors (Lipinski definition) is 6. The number of nitrogens with zero attached hydrogens (tertiary/aromatic N) is 4. The van der Waals surface area contributed by atoms with E-state index >= 15 is 0 Å². The molecule has 0 amide bonds. The lowest BCUT2D eigenvalue weighted by atomic mass is 9.69. The molecule has 5 atom stereocenters. The van der Waals surface area contributed by atoms with Crippen LogP contribution in [-0.4, -0.2) is 56.5 Å². The number of para-hydroxylation sites is 2. The molecule has 200 valence electrons. The van der Waals surface area contributed by atoms with Crippen molar-refractivity contribution in [1.29, 1.82) is 0 Å². The molecule has 1 saturated heterocycles. The fourth-order valence-corrected chi connectivity index (χ4v) is 7.33. The number of carboxylic acid groups (broad SMARTS) is 1. The molecule has 5 rings (SSSR count). The minimum Gasteiger partial charge on any atom is -0.479 e. The highest BCUT2D eigenvalue weighted by Crippen LogP contribution is 2.44. The van der Waals surface area contributed by atoms with Crippen molar-refractivity contribution in [3.63, 3.8) is 0 Å². The third kappa shape index (κ3) is 5.59. The van der Waals surface area contributed by atoms with Crippen LogP contribution in [0.4, 0.5) is 0 Å². The molecule has 1 aromatic heterocycles. The van der Waals surface area contributed by atoms with Gasteiger partial charge in [0, 0.05) is 24.7 Å². The van der Waals surface area contributed by atoms with Crippen LogP contribution in [0.15, 0.2) is 34.2 Å². The summed E-state index contributed by atoms with van der Waals surface area (Å²) in [6, 6.07) is 9.01. The number of benzene rings is 1. The summed E-state index contributed by atoms with van der Waals surface area (Å²) < 4.78 is 1.93. The van der Waals surface area contributed by atoms with Crippen LogP contribution in [0.3, 0.4) is 0 Å². The van der Waals surface area contributed by atoms with Gasteiger partial charge < -0.3 is 14.5 Å². The molecule has 1 N–H and O–H groups in total. The second-order valence-corrected chi connectivity index (χ2v) is 11.4. The Morgan fingerprint density at radius 2 is 1.86 bits per heavy atom. The molecule has 3 aliphatic rings. The van der Waals surface area contributed by atoms with Gasteiger partial charge in [-0.15, -0.1) is 0 Å². The first-order valence-corrected chi connectivity index (χ1v) is 14.1. The zero-order valence-electron chi connectivity index (χ0n) is 22.1. The van der Waals surface area contributed by atoms with E-state index in [2.05, 4.69) is 22.0 Å². The number of carboxylic acids is 1. The second kappa shape index (κ2) is 11.3. The molecular formula is C29H40N4O4. The molecule has 8 heteroatoms. The summed E-state index contributed by atoms with van der Waals surface area (Å²) in [5.74, 6) is 0.686. The zero-order valence-corrected chi connectivity index (χ0v) is 22.1. The number of hydrogen-bond donors (Lipinski definition) is 1. The maximum atomic E-state index is 13.8. The topological polar surface area (TPSA) is 97.0 Å². The molecular weight excluding hydrogens is 468 g/mol. The van der Waals surface area contributed by atoms with Crippen LogP contribution in [0.2, 0.25) is 0 Å². The van der Waals surface area contributed by atoms with Crippen LogP contribution in [0.25, 0.3) is 11.0 Å². The van der Waals surface area contributed by atoms with Crippen molar-refractivity contribution in [1.82, 2.24) is 14.5 Å². The predicted octanol–water partition coefficient (Wildman–Crippen LogP) is 5.00. The van der Waals surface area contributed by atoms with Crippen molar-refractivity contribution in [3.05, 3.63) is 40.3 Å². The monoisotopic (exact) mass is 508 g/mol. The first kappa shape index (κ1) is 25.9.